The largest absolute Gasteiger partial charge is 0.494 e. The summed E-state index contributed by atoms with van der Waals surface area (Å²) in [5.41, 5.74) is 2.10. The molecule has 1 aliphatic rings. The normalized spacial score (nSPS) is 15.5. The number of benzene rings is 2. The molecule has 0 spiro atoms. The molecule has 0 bridgehead atoms. The summed E-state index contributed by atoms with van der Waals surface area (Å²) in [5.74, 6) is 1.80. The van der Waals surface area contributed by atoms with Crippen LogP contribution in [0.25, 0.3) is 12.2 Å². The van der Waals surface area contributed by atoms with Crippen LogP contribution in [0.5, 0.6) is 5.75 Å². The standard InChI is InChI=1S/C25H32N2O3/c1-21-15-18-26(19-16-21)17-3-2-4-20-30-25-13-9-23(10-14-25)6-5-22-7-11-24(12-8-22)27(28)29/h5-14,21H,2-4,15-20H2,1H3/b6-5+. The number of unbranched alkanes of at least 4 members (excludes halogenated alkanes) is 2. The van der Waals surface area contributed by atoms with E-state index in [0.29, 0.717) is 0 Å². The van der Waals surface area contributed by atoms with Crippen LogP contribution in [0.1, 0.15) is 50.2 Å². The van der Waals surface area contributed by atoms with Crippen LogP contribution in [-0.2, 0) is 0 Å². The van der Waals surface area contributed by atoms with Gasteiger partial charge in [-0.1, -0.05) is 31.2 Å². The highest BCUT2D eigenvalue weighted by molar-refractivity contribution is 5.70. The van der Waals surface area contributed by atoms with E-state index in [-0.39, 0.29) is 10.6 Å². The highest BCUT2D eigenvalue weighted by Gasteiger charge is 2.14. The molecule has 0 atom stereocenters. The Labute approximate surface area is 179 Å². The van der Waals surface area contributed by atoms with Gasteiger partial charge in [-0.15, -0.1) is 0 Å². The van der Waals surface area contributed by atoms with Crippen LogP contribution in [0.4, 0.5) is 5.69 Å². The van der Waals surface area contributed by atoms with Gasteiger partial charge in [-0.05, 0) is 93.0 Å². The Bertz CT molecular complexity index is 807. The van der Waals surface area contributed by atoms with Crippen molar-refractivity contribution in [1.82, 2.24) is 4.90 Å². The first-order chi connectivity index (χ1) is 14.6. The molecule has 1 aliphatic heterocycles. The fraction of sp³-hybridized carbons (Fsp3) is 0.440. The molecule has 5 heteroatoms. The maximum atomic E-state index is 10.7. The van der Waals surface area contributed by atoms with Gasteiger partial charge in [-0.3, -0.25) is 10.1 Å². The quantitative estimate of drug-likeness (QED) is 0.208. The third-order valence-electron chi connectivity index (χ3n) is 5.72. The van der Waals surface area contributed by atoms with Crippen LogP contribution in [0.3, 0.4) is 0 Å². The molecule has 0 radical (unpaired) electrons. The van der Waals surface area contributed by atoms with Gasteiger partial charge >= 0.3 is 0 Å². The molecule has 30 heavy (non-hydrogen) atoms. The summed E-state index contributed by atoms with van der Waals surface area (Å²) in [5, 5.41) is 10.7. The Kier molecular flexibility index (Phi) is 8.45. The van der Waals surface area contributed by atoms with Crippen LogP contribution in [0, 0.1) is 16.0 Å². The Morgan fingerprint density at radius 1 is 0.967 bits per heavy atom. The molecule has 1 saturated heterocycles. The van der Waals surface area contributed by atoms with E-state index in [1.807, 2.05) is 36.4 Å². The van der Waals surface area contributed by atoms with E-state index >= 15 is 0 Å². The maximum Gasteiger partial charge on any atom is 0.269 e. The minimum absolute atomic E-state index is 0.106. The summed E-state index contributed by atoms with van der Waals surface area (Å²) in [7, 11) is 0. The zero-order valence-electron chi connectivity index (χ0n) is 17.8. The summed E-state index contributed by atoms with van der Waals surface area (Å²) in [6.45, 7) is 6.87. The van der Waals surface area contributed by atoms with Gasteiger partial charge in [0.1, 0.15) is 5.75 Å². The number of ether oxygens (including phenoxy) is 1. The van der Waals surface area contributed by atoms with Crippen LogP contribution in [0.15, 0.2) is 48.5 Å². The van der Waals surface area contributed by atoms with E-state index < -0.39 is 0 Å². The zero-order valence-corrected chi connectivity index (χ0v) is 17.8. The van der Waals surface area contributed by atoms with Crippen molar-refractivity contribution < 1.29 is 9.66 Å². The second-order valence-corrected chi connectivity index (χ2v) is 8.18. The van der Waals surface area contributed by atoms with E-state index in [1.165, 1.54) is 57.5 Å². The van der Waals surface area contributed by atoms with E-state index in [9.17, 15) is 10.1 Å². The van der Waals surface area contributed by atoms with Crippen LogP contribution < -0.4 is 4.74 Å². The highest BCUT2D eigenvalue weighted by atomic mass is 16.6. The van der Waals surface area contributed by atoms with Crippen molar-refractivity contribution in [3.63, 3.8) is 0 Å². The second kappa shape index (κ2) is 11.5. The predicted molar refractivity (Wildman–Crippen MR) is 123 cm³/mol. The lowest BCUT2D eigenvalue weighted by Gasteiger charge is -2.30. The average molecular weight is 409 g/mol. The van der Waals surface area contributed by atoms with Crippen LogP contribution in [-0.4, -0.2) is 36.1 Å². The van der Waals surface area contributed by atoms with E-state index in [1.54, 1.807) is 12.1 Å². The van der Waals surface area contributed by atoms with Gasteiger partial charge in [-0.25, -0.2) is 0 Å². The summed E-state index contributed by atoms with van der Waals surface area (Å²) in [4.78, 5) is 12.9. The smallest absolute Gasteiger partial charge is 0.269 e. The van der Waals surface area contributed by atoms with Crippen molar-refractivity contribution in [3.8, 4) is 5.75 Å². The summed E-state index contributed by atoms with van der Waals surface area (Å²) in [6, 6.07) is 14.6. The number of hydrogen-bond acceptors (Lipinski definition) is 4. The fourth-order valence-corrected chi connectivity index (χ4v) is 3.66. The van der Waals surface area contributed by atoms with Crippen molar-refractivity contribution in [3.05, 3.63) is 69.8 Å². The molecule has 2 aromatic carbocycles. The lowest BCUT2D eigenvalue weighted by atomic mass is 9.99. The first kappa shape index (κ1) is 22.0. The minimum Gasteiger partial charge on any atom is -0.494 e. The van der Waals surface area contributed by atoms with E-state index in [4.69, 9.17) is 4.74 Å². The molecule has 0 aromatic heterocycles. The molecule has 160 valence electrons. The molecule has 5 nitrogen and oxygen atoms in total. The Morgan fingerprint density at radius 3 is 2.17 bits per heavy atom. The lowest BCUT2D eigenvalue weighted by Crippen LogP contribution is -2.33. The van der Waals surface area contributed by atoms with Gasteiger partial charge in [0.25, 0.3) is 5.69 Å². The third kappa shape index (κ3) is 7.30. The molecular formula is C25H32N2O3. The molecule has 0 unspecified atom stereocenters. The van der Waals surface area contributed by atoms with Crippen molar-refractivity contribution in [2.75, 3.05) is 26.2 Å². The Balaban J connectivity index is 1.33. The number of rotatable bonds is 10. The third-order valence-corrected chi connectivity index (χ3v) is 5.72. The molecule has 0 saturated carbocycles. The topological polar surface area (TPSA) is 55.6 Å². The Morgan fingerprint density at radius 2 is 1.57 bits per heavy atom. The van der Waals surface area contributed by atoms with Crippen molar-refractivity contribution in [1.29, 1.82) is 0 Å². The first-order valence-corrected chi connectivity index (χ1v) is 11.0. The summed E-state index contributed by atoms with van der Waals surface area (Å²) >= 11 is 0. The molecule has 3 rings (SSSR count). The van der Waals surface area contributed by atoms with Gasteiger partial charge < -0.3 is 9.64 Å². The first-order valence-electron chi connectivity index (χ1n) is 11.0. The molecule has 0 aliphatic carbocycles. The van der Waals surface area contributed by atoms with Gasteiger partial charge in [-0.2, -0.15) is 0 Å². The predicted octanol–water partition coefficient (Wildman–Crippen LogP) is 6.05. The highest BCUT2D eigenvalue weighted by Crippen LogP contribution is 2.18. The molecule has 0 N–H and O–H groups in total. The number of nitrogens with zero attached hydrogens (tertiary/aromatic N) is 2. The molecular weight excluding hydrogens is 376 g/mol. The van der Waals surface area contributed by atoms with Crippen molar-refractivity contribution in [2.45, 2.75) is 39.0 Å². The fourth-order valence-electron chi connectivity index (χ4n) is 3.66. The molecule has 1 heterocycles. The minimum atomic E-state index is -0.388. The zero-order chi connectivity index (χ0) is 21.2. The number of non-ortho nitro benzene ring substituents is 1. The van der Waals surface area contributed by atoms with E-state index in [2.05, 4.69) is 11.8 Å². The monoisotopic (exact) mass is 408 g/mol. The van der Waals surface area contributed by atoms with Crippen LogP contribution >= 0.6 is 0 Å². The number of hydrogen-bond donors (Lipinski definition) is 0. The average Bonchev–Trinajstić information content (AvgIpc) is 2.77. The van der Waals surface area contributed by atoms with Gasteiger partial charge in [0, 0.05) is 12.1 Å². The van der Waals surface area contributed by atoms with Gasteiger partial charge in [0.2, 0.25) is 0 Å². The second-order valence-electron chi connectivity index (χ2n) is 8.18. The summed E-state index contributed by atoms with van der Waals surface area (Å²) in [6.07, 6.45) is 10.2. The number of nitro groups is 1. The SMILES string of the molecule is CC1CCN(CCCCCOc2ccc(/C=C/c3ccc([N+](=O)[O-])cc3)cc2)CC1. The molecule has 1 fully saturated rings. The Hall–Kier alpha value is -2.66. The number of likely N-dealkylation sites (tertiary alicyclic amines) is 1. The lowest BCUT2D eigenvalue weighted by molar-refractivity contribution is -0.384. The van der Waals surface area contributed by atoms with Crippen LogP contribution in [0.2, 0.25) is 0 Å². The van der Waals surface area contributed by atoms with Crippen molar-refractivity contribution in [2.24, 2.45) is 5.92 Å². The molecule has 0 amide bonds. The molecule has 2 aromatic rings. The number of piperidine rings is 1. The maximum absolute atomic E-state index is 10.7. The van der Waals surface area contributed by atoms with Gasteiger partial charge in [0.05, 0.1) is 11.5 Å². The summed E-state index contributed by atoms with van der Waals surface area (Å²) < 4.78 is 5.86. The van der Waals surface area contributed by atoms with Gasteiger partial charge in [0.15, 0.2) is 0 Å². The number of nitro benzene ring substituents is 1. The van der Waals surface area contributed by atoms with E-state index in [0.717, 1.165) is 35.8 Å². The van der Waals surface area contributed by atoms with Crippen molar-refractivity contribution >= 4 is 17.8 Å².